The molecule has 0 bridgehead atoms. The maximum absolute atomic E-state index is 3.78. The van der Waals surface area contributed by atoms with E-state index in [0.29, 0.717) is 5.41 Å². The Hall–Kier alpha value is -0.980. The molecule has 0 unspecified atom stereocenters. The molecule has 0 radical (unpaired) electrons. The number of nitrogens with zero attached hydrogens (tertiary/aromatic N) is 1. The SMILES string of the molecule is C/C=C\CC(C)(C)C.C=C(C)N(C)/C=C/CC.CC. The maximum Gasteiger partial charge on any atom is 0.0108 e. The van der Waals surface area contributed by atoms with E-state index in [4.69, 9.17) is 0 Å². The van der Waals surface area contributed by atoms with Gasteiger partial charge in [-0.25, -0.2) is 0 Å². The molecule has 0 saturated carbocycles. The Kier molecular flexibility index (Phi) is 18.4. The monoisotopic (exact) mass is 267 g/mol. The summed E-state index contributed by atoms with van der Waals surface area (Å²) < 4.78 is 0. The lowest BCUT2D eigenvalue weighted by molar-refractivity contribution is 0.420. The molecule has 0 atom stereocenters. The minimum Gasteiger partial charge on any atom is -0.356 e. The van der Waals surface area contributed by atoms with Crippen LogP contribution in [0.1, 0.15) is 68.2 Å². The van der Waals surface area contributed by atoms with Crippen molar-refractivity contribution < 1.29 is 0 Å². The first kappa shape index (κ1) is 23.1. The molecular weight excluding hydrogens is 230 g/mol. The summed E-state index contributed by atoms with van der Waals surface area (Å²) in [6.07, 6.45) is 10.7. The Morgan fingerprint density at radius 3 is 1.84 bits per heavy atom. The Morgan fingerprint density at radius 1 is 1.16 bits per heavy atom. The fraction of sp³-hybridized carbons (Fsp3) is 0.667. The smallest absolute Gasteiger partial charge is 0.0108 e. The minimum atomic E-state index is 0.465. The average Bonchev–Trinajstić information content (AvgIpc) is 2.35. The van der Waals surface area contributed by atoms with Crippen LogP contribution in [0.25, 0.3) is 0 Å². The molecule has 0 spiro atoms. The zero-order chi connectivity index (χ0) is 15.9. The van der Waals surface area contributed by atoms with E-state index in [1.165, 1.54) is 6.42 Å². The first-order valence-electron chi connectivity index (χ1n) is 7.40. The van der Waals surface area contributed by atoms with Crippen molar-refractivity contribution in [3.63, 3.8) is 0 Å². The van der Waals surface area contributed by atoms with E-state index in [0.717, 1.165) is 12.1 Å². The molecule has 0 N–H and O–H groups in total. The van der Waals surface area contributed by atoms with E-state index in [1.54, 1.807) is 0 Å². The van der Waals surface area contributed by atoms with Gasteiger partial charge in [0.25, 0.3) is 0 Å². The van der Waals surface area contributed by atoms with Gasteiger partial charge in [-0.05, 0) is 38.3 Å². The molecule has 0 aromatic heterocycles. The van der Waals surface area contributed by atoms with Crippen LogP contribution in [0.15, 0.2) is 36.7 Å². The molecule has 0 amide bonds. The highest BCUT2D eigenvalue weighted by atomic mass is 15.1. The van der Waals surface area contributed by atoms with Crippen LogP contribution in [0.5, 0.6) is 0 Å². The van der Waals surface area contributed by atoms with Gasteiger partial charge in [-0.1, -0.05) is 66.3 Å². The molecule has 0 aromatic rings. The summed E-state index contributed by atoms with van der Waals surface area (Å²) in [7, 11) is 1.99. The van der Waals surface area contributed by atoms with Gasteiger partial charge in [-0.3, -0.25) is 0 Å². The highest BCUT2D eigenvalue weighted by Gasteiger charge is 2.05. The zero-order valence-corrected chi connectivity index (χ0v) is 14.9. The van der Waals surface area contributed by atoms with E-state index in [-0.39, 0.29) is 0 Å². The third-order valence-corrected chi connectivity index (χ3v) is 2.13. The van der Waals surface area contributed by atoms with Crippen LogP contribution < -0.4 is 0 Å². The van der Waals surface area contributed by atoms with Crippen molar-refractivity contribution in [3.8, 4) is 0 Å². The third-order valence-electron chi connectivity index (χ3n) is 2.13. The molecule has 114 valence electrons. The first-order chi connectivity index (χ1) is 8.74. The highest BCUT2D eigenvalue weighted by molar-refractivity contribution is 4.94. The van der Waals surface area contributed by atoms with Gasteiger partial charge < -0.3 is 4.90 Å². The Balaban J connectivity index is -0.000000239. The zero-order valence-electron chi connectivity index (χ0n) is 14.9. The quantitative estimate of drug-likeness (QED) is 0.533. The topological polar surface area (TPSA) is 3.24 Å². The van der Waals surface area contributed by atoms with Crippen LogP contribution in [-0.2, 0) is 0 Å². The van der Waals surface area contributed by atoms with Crippen LogP contribution in [0.3, 0.4) is 0 Å². The molecule has 0 aliphatic carbocycles. The number of hydrogen-bond donors (Lipinski definition) is 0. The minimum absolute atomic E-state index is 0.465. The standard InChI is InChI=1S/C8H15N.C8H16.C2H6/c1-5-6-7-9(4)8(2)3;1-5-6-7-8(2,3)4;1-2/h6-7H,2,5H2,1,3-4H3;5-6H,7H2,1-4H3;1-2H3/b7-6+;6-5-;. The number of rotatable bonds is 4. The Labute approximate surface area is 123 Å². The Morgan fingerprint density at radius 2 is 1.63 bits per heavy atom. The molecule has 0 rings (SSSR count). The second-order valence-corrected chi connectivity index (χ2v) is 5.47. The van der Waals surface area contributed by atoms with Crippen LogP contribution >= 0.6 is 0 Å². The largest absolute Gasteiger partial charge is 0.356 e. The van der Waals surface area contributed by atoms with Gasteiger partial charge in [0.2, 0.25) is 0 Å². The van der Waals surface area contributed by atoms with Crippen molar-refractivity contribution in [2.24, 2.45) is 5.41 Å². The predicted molar refractivity (Wildman–Crippen MR) is 92.2 cm³/mol. The van der Waals surface area contributed by atoms with Crippen LogP contribution in [0.4, 0.5) is 0 Å². The van der Waals surface area contributed by atoms with Gasteiger partial charge >= 0.3 is 0 Å². The molecule has 19 heavy (non-hydrogen) atoms. The van der Waals surface area contributed by atoms with Crippen LogP contribution in [0, 0.1) is 5.41 Å². The fourth-order valence-corrected chi connectivity index (χ4v) is 0.862. The van der Waals surface area contributed by atoms with Gasteiger partial charge in [0.15, 0.2) is 0 Å². The average molecular weight is 268 g/mol. The molecular formula is C18H37N. The van der Waals surface area contributed by atoms with Crippen molar-refractivity contribution >= 4 is 0 Å². The van der Waals surface area contributed by atoms with Crippen LogP contribution in [0.2, 0.25) is 0 Å². The van der Waals surface area contributed by atoms with Crippen LogP contribution in [-0.4, -0.2) is 11.9 Å². The maximum atomic E-state index is 3.78. The molecule has 1 heteroatoms. The van der Waals surface area contributed by atoms with Gasteiger partial charge in [0, 0.05) is 12.7 Å². The van der Waals surface area contributed by atoms with E-state index < -0.39 is 0 Å². The van der Waals surface area contributed by atoms with E-state index in [2.05, 4.69) is 59.4 Å². The number of hydrogen-bond acceptors (Lipinski definition) is 1. The molecule has 1 nitrogen and oxygen atoms in total. The second-order valence-electron chi connectivity index (χ2n) is 5.47. The molecule has 0 heterocycles. The normalized spacial score (nSPS) is 10.6. The summed E-state index contributed by atoms with van der Waals surface area (Å²) in [5.41, 5.74) is 1.53. The van der Waals surface area contributed by atoms with Crippen molar-refractivity contribution in [2.75, 3.05) is 7.05 Å². The number of allylic oxidation sites excluding steroid dienone is 4. The van der Waals surface area contributed by atoms with Gasteiger partial charge in [0.05, 0.1) is 0 Å². The summed E-state index contributed by atoms with van der Waals surface area (Å²) in [4.78, 5) is 2.00. The van der Waals surface area contributed by atoms with E-state index in [9.17, 15) is 0 Å². The summed E-state index contributed by atoms with van der Waals surface area (Å²) in [6.45, 7) is 20.7. The summed E-state index contributed by atoms with van der Waals surface area (Å²) >= 11 is 0. The van der Waals surface area contributed by atoms with Gasteiger partial charge in [-0.2, -0.15) is 0 Å². The first-order valence-corrected chi connectivity index (χ1v) is 7.40. The lowest BCUT2D eigenvalue weighted by Crippen LogP contribution is -2.05. The lowest BCUT2D eigenvalue weighted by atomic mass is 9.92. The molecule has 0 aliphatic rings. The summed E-state index contributed by atoms with van der Waals surface area (Å²) in [5, 5.41) is 0. The molecule has 0 aromatic carbocycles. The lowest BCUT2D eigenvalue weighted by Gasteiger charge is -2.13. The van der Waals surface area contributed by atoms with Crippen molar-refractivity contribution in [1.29, 1.82) is 0 Å². The van der Waals surface area contributed by atoms with Crippen molar-refractivity contribution in [2.45, 2.75) is 68.2 Å². The fourth-order valence-electron chi connectivity index (χ4n) is 0.862. The van der Waals surface area contributed by atoms with Crippen molar-refractivity contribution in [1.82, 2.24) is 4.90 Å². The molecule has 0 fully saturated rings. The van der Waals surface area contributed by atoms with E-state index in [1.807, 2.05) is 38.9 Å². The molecule has 0 aliphatic heterocycles. The summed E-state index contributed by atoms with van der Waals surface area (Å²) in [5.74, 6) is 0. The van der Waals surface area contributed by atoms with Gasteiger partial charge in [-0.15, -0.1) is 0 Å². The highest BCUT2D eigenvalue weighted by Crippen LogP contribution is 2.18. The predicted octanol–water partition coefficient (Wildman–Crippen LogP) is 6.40. The summed E-state index contributed by atoms with van der Waals surface area (Å²) in [6, 6.07) is 0. The van der Waals surface area contributed by atoms with Crippen molar-refractivity contribution in [3.05, 3.63) is 36.7 Å². The van der Waals surface area contributed by atoms with E-state index >= 15 is 0 Å². The second kappa shape index (κ2) is 15.1. The van der Waals surface area contributed by atoms with Gasteiger partial charge in [0.1, 0.15) is 0 Å². The third kappa shape index (κ3) is 26.6. The Bertz CT molecular complexity index is 241. The molecule has 0 saturated heterocycles.